The van der Waals surface area contributed by atoms with Crippen molar-refractivity contribution in [3.05, 3.63) is 34.1 Å². The molecule has 0 saturated carbocycles. The van der Waals surface area contributed by atoms with E-state index in [0.29, 0.717) is 4.47 Å². The topological polar surface area (TPSA) is 12.0 Å². The fourth-order valence-corrected chi connectivity index (χ4v) is 2.58. The molecule has 0 amide bonds. The van der Waals surface area contributed by atoms with Crippen LogP contribution in [0.15, 0.2) is 22.7 Å². The molecule has 0 spiro atoms. The molecule has 1 nitrogen and oxygen atoms in total. The molecule has 0 heterocycles. The van der Waals surface area contributed by atoms with E-state index in [1.54, 1.807) is 6.07 Å². The summed E-state index contributed by atoms with van der Waals surface area (Å²) in [5.41, 5.74) is 0.766. The minimum absolute atomic E-state index is 0.115. The minimum atomic E-state index is -0.134. The summed E-state index contributed by atoms with van der Waals surface area (Å²) in [6.07, 6.45) is 7.23. The number of unbranched alkanes of at least 4 members (excludes halogenated alkanes) is 4. The molecule has 1 unspecified atom stereocenters. The zero-order valence-corrected chi connectivity index (χ0v) is 12.9. The highest BCUT2D eigenvalue weighted by atomic mass is 79.9. The minimum Gasteiger partial charge on any atom is -0.313 e. The monoisotopic (exact) mass is 315 g/mol. The van der Waals surface area contributed by atoms with Crippen molar-refractivity contribution in [2.45, 2.75) is 51.5 Å². The second-order valence-electron chi connectivity index (χ2n) is 4.69. The molecule has 1 aromatic rings. The van der Waals surface area contributed by atoms with Gasteiger partial charge in [0.25, 0.3) is 0 Å². The van der Waals surface area contributed by atoms with E-state index < -0.39 is 0 Å². The Labute approximate surface area is 118 Å². The van der Waals surface area contributed by atoms with E-state index in [4.69, 9.17) is 0 Å². The third-order valence-corrected chi connectivity index (χ3v) is 3.91. The SMILES string of the molecule is CCCCCCCC(NC)c1cccc(Br)c1F. The Kier molecular flexibility index (Phi) is 7.52. The van der Waals surface area contributed by atoms with Crippen LogP contribution < -0.4 is 5.32 Å². The van der Waals surface area contributed by atoms with E-state index in [1.807, 2.05) is 19.2 Å². The van der Waals surface area contributed by atoms with Gasteiger partial charge in [0.2, 0.25) is 0 Å². The average molecular weight is 316 g/mol. The number of nitrogens with one attached hydrogen (secondary N) is 1. The highest BCUT2D eigenvalue weighted by Gasteiger charge is 2.15. The van der Waals surface area contributed by atoms with Gasteiger partial charge >= 0.3 is 0 Å². The Morgan fingerprint density at radius 2 is 1.94 bits per heavy atom. The van der Waals surface area contributed by atoms with Crippen LogP contribution >= 0.6 is 15.9 Å². The molecule has 0 fully saturated rings. The Hall–Kier alpha value is -0.410. The molecule has 3 heteroatoms. The van der Waals surface area contributed by atoms with Crippen molar-refractivity contribution in [3.63, 3.8) is 0 Å². The van der Waals surface area contributed by atoms with E-state index in [0.717, 1.165) is 18.4 Å². The van der Waals surface area contributed by atoms with Gasteiger partial charge in [-0.15, -0.1) is 0 Å². The van der Waals surface area contributed by atoms with E-state index >= 15 is 0 Å². The van der Waals surface area contributed by atoms with Crippen molar-refractivity contribution in [2.24, 2.45) is 0 Å². The Morgan fingerprint density at radius 1 is 1.22 bits per heavy atom. The molecule has 0 aliphatic rings. The normalized spacial score (nSPS) is 12.7. The molecule has 0 saturated heterocycles. The maximum absolute atomic E-state index is 14.0. The van der Waals surface area contributed by atoms with E-state index in [1.165, 1.54) is 25.7 Å². The molecule has 18 heavy (non-hydrogen) atoms. The highest BCUT2D eigenvalue weighted by molar-refractivity contribution is 9.10. The molecular formula is C15H23BrFN. The molecular weight excluding hydrogens is 293 g/mol. The van der Waals surface area contributed by atoms with E-state index in [2.05, 4.69) is 28.2 Å². The van der Waals surface area contributed by atoms with Gasteiger partial charge in [-0.2, -0.15) is 0 Å². The average Bonchev–Trinajstić information content (AvgIpc) is 2.38. The van der Waals surface area contributed by atoms with Crippen LogP contribution in [0.4, 0.5) is 4.39 Å². The lowest BCUT2D eigenvalue weighted by atomic mass is 9.99. The summed E-state index contributed by atoms with van der Waals surface area (Å²) in [5, 5.41) is 3.22. The predicted molar refractivity (Wildman–Crippen MR) is 79.3 cm³/mol. The second kappa shape index (κ2) is 8.65. The fourth-order valence-electron chi connectivity index (χ4n) is 2.20. The Balaban J connectivity index is 2.52. The van der Waals surface area contributed by atoms with Crippen LogP contribution in [0.1, 0.15) is 57.1 Å². The summed E-state index contributed by atoms with van der Waals surface area (Å²) in [4.78, 5) is 0. The van der Waals surface area contributed by atoms with Crippen LogP contribution in [0.25, 0.3) is 0 Å². The first-order valence-electron chi connectivity index (χ1n) is 6.81. The maximum atomic E-state index is 14.0. The van der Waals surface area contributed by atoms with Crippen molar-refractivity contribution in [2.75, 3.05) is 7.05 Å². The number of hydrogen-bond acceptors (Lipinski definition) is 1. The van der Waals surface area contributed by atoms with Gasteiger partial charge in [0.05, 0.1) is 4.47 Å². The van der Waals surface area contributed by atoms with Gasteiger partial charge < -0.3 is 5.32 Å². The molecule has 1 atom stereocenters. The summed E-state index contributed by atoms with van der Waals surface area (Å²) in [7, 11) is 1.90. The summed E-state index contributed by atoms with van der Waals surface area (Å²) in [6, 6.07) is 5.62. The van der Waals surface area contributed by atoms with Crippen molar-refractivity contribution in [1.82, 2.24) is 5.32 Å². The molecule has 1 aromatic carbocycles. The van der Waals surface area contributed by atoms with Crippen LogP contribution in [0, 0.1) is 5.82 Å². The first-order chi connectivity index (χ1) is 8.70. The molecule has 1 rings (SSSR count). The molecule has 0 aromatic heterocycles. The van der Waals surface area contributed by atoms with E-state index in [9.17, 15) is 4.39 Å². The predicted octanol–water partition coefficient (Wildman–Crippen LogP) is 5.21. The first kappa shape index (κ1) is 15.6. The number of halogens is 2. The molecule has 0 aliphatic carbocycles. The standard InChI is InChI=1S/C15H23BrFN/c1-3-4-5-6-7-11-14(18-2)12-9-8-10-13(16)15(12)17/h8-10,14,18H,3-7,11H2,1-2H3. The van der Waals surface area contributed by atoms with Crippen LogP contribution in [-0.4, -0.2) is 7.05 Å². The van der Waals surface area contributed by atoms with Gasteiger partial charge in [-0.05, 0) is 35.5 Å². The zero-order valence-electron chi connectivity index (χ0n) is 11.3. The van der Waals surface area contributed by atoms with Crippen LogP contribution in [0.2, 0.25) is 0 Å². The largest absolute Gasteiger partial charge is 0.313 e. The zero-order chi connectivity index (χ0) is 13.4. The van der Waals surface area contributed by atoms with Gasteiger partial charge in [-0.1, -0.05) is 51.2 Å². The highest BCUT2D eigenvalue weighted by Crippen LogP contribution is 2.26. The van der Waals surface area contributed by atoms with Gasteiger partial charge in [-0.3, -0.25) is 0 Å². The maximum Gasteiger partial charge on any atom is 0.142 e. The number of hydrogen-bond donors (Lipinski definition) is 1. The molecule has 102 valence electrons. The first-order valence-corrected chi connectivity index (χ1v) is 7.61. The van der Waals surface area contributed by atoms with Crippen molar-refractivity contribution >= 4 is 15.9 Å². The summed E-state index contributed by atoms with van der Waals surface area (Å²) in [6.45, 7) is 2.22. The number of benzene rings is 1. The van der Waals surface area contributed by atoms with Crippen molar-refractivity contribution < 1.29 is 4.39 Å². The van der Waals surface area contributed by atoms with Gasteiger partial charge in [-0.25, -0.2) is 4.39 Å². The number of rotatable bonds is 8. The second-order valence-corrected chi connectivity index (χ2v) is 5.54. The third kappa shape index (κ3) is 4.69. The van der Waals surface area contributed by atoms with Crippen molar-refractivity contribution in [3.8, 4) is 0 Å². The molecule has 0 radical (unpaired) electrons. The summed E-state index contributed by atoms with van der Waals surface area (Å²) in [5.74, 6) is -0.134. The summed E-state index contributed by atoms with van der Waals surface area (Å²) < 4.78 is 14.5. The van der Waals surface area contributed by atoms with Gasteiger partial charge in [0.15, 0.2) is 0 Å². The lowest BCUT2D eigenvalue weighted by Gasteiger charge is -2.17. The van der Waals surface area contributed by atoms with Gasteiger partial charge in [0, 0.05) is 11.6 Å². The van der Waals surface area contributed by atoms with Crippen molar-refractivity contribution in [1.29, 1.82) is 0 Å². The van der Waals surface area contributed by atoms with E-state index in [-0.39, 0.29) is 11.9 Å². The summed E-state index contributed by atoms with van der Waals surface area (Å²) >= 11 is 3.24. The fraction of sp³-hybridized carbons (Fsp3) is 0.600. The van der Waals surface area contributed by atoms with Crippen LogP contribution in [-0.2, 0) is 0 Å². The van der Waals surface area contributed by atoms with Crippen LogP contribution in [0.3, 0.4) is 0 Å². The Morgan fingerprint density at radius 3 is 2.61 bits per heavy atom. The van der Waals surface area contributed by atoms with Crippen LogP contribution in [0.5, 0.6) is 0 Å². The van der Waals surface area contributed by atoms with Gasteiger partial charge in [0.1, 0.15) is 5.82 Å². The third-order valence-electron chi connectivity index (χ3n) is 3.30. The lowest BCUT2D eigenvalue weighted by molar-refractivity contribution is 0.476. The quantitative estimate of drug-likeness (QED) is 0.649. The lowest BCUT2D eigenvalue weighted by Crippen LogP contribution is -2.17. The smallest absolute Gasteiger partial charge is 0.142 e. The molecule has 0 bridgehead atoms. The molecule has 1 N–H and O–H groups in total. The molecule has 0 aliphatic heterocycles. The Bertz CT molecular complexity index is 354.